The lowest BCUT2D eigenvalue weighted by Gasteiger charge is -2.31. The number of halogens is 1. The fourth-order valence-corrected chi connectivity index (χ4v) is 3.23. The van der Waals surface area contributed by atoms with E-state index in [4.69, 9.17) is 0 Å². The van der Waals surface area contributed by atoms with Gasteiger partial charge in [0.15, 0.2) is 0 Å². The zero-order valence-electron chi connectivity index (χ0n) is 10.7. The quantitative estimate of drug-likeness (QED) is 0.746. The van der Waals surface area contributed by atoms with Crippen LogP contribution in [-0.4, -0.2) is 23.3 Å². The second kappa shape index (κ2) is 6.55. The molecule has 0 aliphatic carbocycles. The Morgan fingerprint density at radius 1 is 1.29 bits per heavy atom. The molecular formula is C15H22BrN. The highest BCUT2D eigenvalue weighted by molar-refractivity contribution is 9.09. The maximum Gasteiger partial charge on any atom is 0.0236 e. The van der Waals surface area contributed by atoms with E-state index in [1.807, 2.05) is 0 Å². The van der Waals surface area contributed by atoms with Crippen molar-refractivity contribution in [3.63, 3.8) is 0 Å². The molecule has 0 aromatic heterocycles. The molecule has 1 unspecified atom stereocenters. The van der Waals surface area contributed by atoms with Gasteiger partial charge in [-0.3, -0.25) is 4.90 Å². The summed E-state index contributed by atoms with van der Waals surface area (Å²) in [6.07, 6.45) is 3.85. The van der Waals surface area contributed by atoms with Gasteiger partial charge in [-0.25, -0.2) is 0 Å². The monoisotopic (exact) mass is 295 g/mol. The van der Waals surface area contributed by atoms with Crippen molar-refractivity contribution in [3.05, 3.63) is 35.4 Å². The summed E-state index contributed by atoms with van der Waals surface area (Å²) in [6.45, 7) is 5.89. The van der Waals surface area contributed by atoms with Crippen LogP contribution >= 0.6 is 15.9 Å². The van der Waals surface area contributed by atoms with Gasteiger partial charge in [0.2, 0.25) is 0 Å². The maximum absolute atomic E-state index is 3.65. The summed E-state index contributed by atoms with van der Waals surface area (Å²) in [5.41, 5.74) is 3.08. The van der Waals surface area contributed by atoms with Gasteiger partial charge < -0.3 is 0 Å². The first-order valence-electron chi connectivity index (χ1n) is 6.68. The van der Waals surface area contributed by atoms with Gasteiger partial charge in [0.1, 0.15) is 0 Å². The molecule has 2 rings (SSSR count). The summed E-state index contributed by atoms with van der Waals surface area (Å²) in [5.74, 6) is 0.810. The fraction of sp³-hybridized carbons (Fsp3) is 0.600. The van der Waals surface area contributed by atoms with Crippen LogP contribution in [0.25, 0.3) is 0 Å². The molecule has 17 heavy (non-hydrogen) atoms. The van der Waals surface area contributed by atoms with Crippen molar-refractivity contribution in [2.24, 2.45) is 5.92 Å². The van der Waals surface area contributed by atoms with E-state index in [2.05, 4.69) is 52.0 Å². The predicted octanol–water partition coefficient (Wildman–Crippen LogP) is 3.86. The standard InChI is InChI=1S/C15H22BrN/c1-2-5-13(10-16)11-17-9-8-14-6-3-4-7-15(14)12-17/h3-4,6-7,13H,2,5,8-12H2,1H3. The summed E-state index contributed by atoms with van der Waals surface area (Å²) >= 11 is 3.65. The number of nitrogens with zero attached hydrogens (tertiary/aromatic N) is 1. The van der Waals surface area contributed by atoms with Gasteiger partial charge in [-0.1, -0.05) is 53.5 Å². The Kier molecular flexibility index (Phi) is 5.05. The highest BCUT2D eigenvalue weighted by atomic mass is 79.9. The fourth-order valence-electron chi connectivity index (χ4n) is 2.70. The van der Waals surface area contributed by atoms with Crippen LogP contribution in [0.1, 0.15) is 30.9 Å². The summed E-state index contributed by atoms with van der Waals surface area (Å²) in [7, 11) is 0. The molecule has 1 nitrogen and oxygen atoms in total. The molecule has 0 radical (unpaired) electrons. The molecule has 1 aliphatic heterocycles. The van der Waals surface area contributed by atoms with E-state index in [-0.39, 0.29) is 0 Å². The third kappa shape index (κ3) is 3.56. The van der Waals surface area contributed by atoms with E-state index in [0.29, 0.717) is 0 Å². The van der Waals surface area contributed by atoms with Crippen molar-refractivity contribution in [1.82, 2.24) is 4.90 Å². The molecular weight excluding hydrogens is 274 g/mol. The molecule has 2 heteroatoms. The van der Waals surface area contributed by atoms with Crippen LogP contribution in [0.5, 0.6) is 0 Å². The third-order valence-corrected chi connectivity index (χ3v) is 4.56. The Hall–Kier alpha value is -0.340. The highest BCUT2D eigenvalue weighted by Crippen LogP contribution is 2.21. The third-order valence-electron chi connectivity index (χ3n) is 3.64. The van der Waals surface area contributed by atoms with Gasteiger partial charge in [-0.15, -0.1) is 0 Å². The smallest absolute Gasteiger partial charge is 0.0236 e. The molecule has 0 saturated carbocycles. The van der Waals surface area contributed by atoms with Crippen molar-refractivity contribution in [1.29, 1.82) is 0 Å². The Morgan fingerprint density at radius 2 is 2.06 bits per heavy atom. The molecule has 1 atom stereocenters. The second-order valence-electron chi connectivity index (χ2n) is 5.06. The summed E-state index contributed by atoms with van der Waals surface area (Å²) in [4.78, 5) is 2.62. The van der Waals surface area contributed by atoms with Crippen molar-refractivity contribution < 1.29 is 0 Å². The molecule has 1 aromatic rings. The van der Waals surface area contributed by atoms with Crippen LogP contribution in [0.15, 0.2) is 24.3 Å². The van der Waals surface area contributed by atoms with Crippen LogP contribution in [0, 0.1) is 5.92 Å². The SMILES string of the molecule is CCCC(CBr)CN1CCc2ccccc2C1. The lowest BCUT2D eigenvalue weighted by atomic mass is 9.98. The number of alkyl halides is 1. The number of hydrogen-bond donors (Lipinski definition) is 0. The molecule has 0 saturated heterocycles. The van der Waals surface area contributed by atoms with E-state index in [1.165, 1.54) is 37.9 Å². The van der Waals surface area contributed by atoms with Crippen molar-refractivity contribution in [2.45, 2.75) is 32.7 Å². The Morgan fingerprint density at radius 3 is 2.76 bits per heavy atom. The molecule has 0 spiro atoms. The van der Waals surface area contributed by atoms with Gasteiger partial charge >= 0.3 is 0 Å². The van der Waals surface area contributed by atoms with E-state index in [9.17, 15) is 0 Å². The first-order valence-corrected chi connectivity index (χ1v) is 7.80. The van der Waals surface area contributed by atoms with Crippen LogP contribution in [0.2, 0.25) is 0 Å². The van der Waals surface area contributed by atoms with Crippen molar-refractivity contribution in [3.8, 4) is 0 Å². The average molecular weight is 296 g/mol. The predicted molar refractivity (Wildman–Crippen MR) is 77.6 cm³/mol. The van der Waals surface area contributed by atoms with Crippen molar-refractivity contribution in [2.75, 3.05) is 18.4 Å². The Balaban J connectivity index is 1.93. The lowest BCUT2D eigenvalue weighted by molar-refractivity contribution is 0.217. The van der Waals surface area contributed by atoms with Crippen LogP contribution in [0.3, 0.4) is 0 Å². The summed E-state index contributed by atoms with van der Waals surface area (Å²) < 4.78 is 0. The molecule has 1 aliphatic rings. The first-order chi connectivity index (χ1) is 8.33. The molecule has 1 aromatic carbocycles. The molecule has 0 bridgehead atoms. The molecule has 0 amide bonds. The molecule has 1 heterocycles. The minimum Gasteiger partial charge on any atom is -0.298 e. The van der Waals surface area contributed by atoms with E-state index in [1.54, 1.807) is 5.56 Å². The van der Waals surface area contributed by atoms with E-state index >= 15 is 0 Å². The molecule has 0 fully saturated rings. The zero-order valence-corrected chi connectivity index (χ0v) is 12.2. The lowest BCUT2D eigenvalue weighted by Crippen LogP contribution is -2.35. The summed E-state index contributed by atoms with van der Waals surface area (Å²) in [5, 5.41) is 1.14. The number of rotatable bonds is 5. The first kappa shape index (κ1) is 13.1. The highest BCUT2D eigenvalue weighted by Gasteiger charge is 2.18. The topological polar surface area (TPSA) is 3.24 Å². The molecule has 94 valence electrons. The minimum absolute atomic E-state index is 0.810. The van der Waals surface area contributed by atoms with Crippen LogP contribution < -0.4 is 0 Å². The summed E-state index contributed by atoms with van der Waals surface area (Å²) in [6, 6.07) is 8.88. The van der Waals surface area contributed by atoms with E-state index < -0.39 is 0 Å². The van der Waals surface area contributed by atoms with Gasteiger partial charge in [0, 0.05) is 25.0 Å². The zero-order chi connectivity index (χ0) is 12.1. The Bertz CT molecular complexity index is 351. The molecule has 0 N–H and O–H groups in total. The van der Waals surface area contributed by atoms with Gasteiger partial charge in [-0.2, -0.15) is 0 Å². The van der Waals surface area contributed by atoms with Gasteiger partial charge in [0.05, 0.1) is 0 Å². The van der Waals surface area contributed by atoms with Gasteiger partial charge in [0.25, 0.3) is 0 Å². The normalized spacial score (nSPS) is 17.8. The number of benzene rings is 1. The number of fused-ring (bicyclic) bond motifs is 1. The Labute approximate surface area is 113 Å². The van der Waals surface area contributed by atoms with Crippen molar-refractivity contribution >= 4 is 15.9 Å². The van der Waals surface area contributed by atoms with Gasteiger partial charge in [-0.05, 0) is 29.9 Å². The largest absolute Gasteiger partial charge is 0.298 e. The maximum atomic E-state index is 3.65. The van der Waals surface area contributed by atoms with E-state index in [0.717, 1.165) is 17.8 Å². The second-order valence-corrected chi connectivity index (χ2v) is 5.71. The average Bonchev–Trinajstić information content (AvgIpc) is 2.38. The van der Waals surface area contributed by atoms with Crippen LogP contribution in [0.4, 0.5) is 0 Å². The number of hydrogen-bond acceptors (Lipinski definition) is 1. The van der Waals surface area contributed by atoms with Crippen LogP contribution in [-0.2, 0) is 13.0 Å². The minimum atomic E-state index is 0.810.